The molecular weight excluding hydrogens is 326 g/mol. The smallest absolute Gasteiger partial charge is 0.241 e. The lowest BCUT2D eigenvalue weighted by Gasteiger charge is -2.33. The second kappa shape index (κ2) is 7.76. The van der Waals surface area contributed by atoms with Gasteiger partial charge in [-0.3, -0.25) is 14.8 Å². The summed E-state index contributed by atoms with van der Waals surface area (Å²) in [6.45, 7) is 7.99. The predicted molar refractivity (Wildman–Crippen MR) is 99.3 cm³/mol. The fourth-order valence-electron chi connectivity index (χ4n) is 3.30. The van der Waals surface area contributed by atoms with E-state index in [4.69, 9.17) is 4.52 Å². The molecule has 6 heteroatoms. The number of rotatable bonds is 5. The largest absolute Gasteiger partial charge is 0.338 e. The van der Waals surface area contributed by atoms with E-state index in [1.54, 1.807) is 12.4 Å². The molecule has 1 aromatic carbocycles. The number of pyridine rings is 1. The average Bonchev–Trinajstić information content (AvgIpc) is 3.13. The van der Waals surface area contributed by atoms with Gasteiger partial charge in [-0.25, -0.2) is 0 Å². The van der Waals surface area contributed by atoms with Crippen LogP contribution in [0.2, 0.25) is 0 Å². The van der Waals surface area contributed by atoms with E-state index in [0.717, 1.165) is 38.3 Å². The summed E-state index contributed by atoms with van der Waals surface area (Å²) in [6, 6.07) is 12.6. The van der Waals surface area contributed by atoms with Gasteiger partial charge < -0.3 is 4.52 Å². The Morgan fingerprint density at radius 3 is 2.54 bits per heavy atom. The van der Waals surface area contributed by atoms with Gasteiger partial charge in [0.25, 0.3) is 0 Å². The van der Waals surface area contributed by atoms with Crippen molar-refractivity contribution in [3.8, 4) is 11.4 Å². The van der Waals surface area contributed by atoms with Gasteiger partial charge in [0, 0.05) is 50.7 Å². The van der Waals surface area contributed by atoms with Crippen LogP contribution in [0.15, 0.2) is 53.3 Å². The Labute approximate surface area is 153 Å². The van der Waals surface area contributed by atoms with Gasteiger partial charge in [0.2, 0.25) is 11.7 Å². The molecule has 1 saturated heterocycles. The summed E-state index contributed by atoms with van der Waals surface area (Å²) >= 11 is 0. The van der Waals surface area contributed by atoms with E-state index in [-0.39, 0.29) is 0 Å². The monoisotopic (exact) mass is 349 g/mol. The Morgan fingerprint density at radius 1 is 1.00 bits per heavy atom. The van der Waals surface area contributed by atoms with Gasteiger partial charge in [0.15, 0.2) is 0 Å². The van der Waals surface area contributed by atoms with Crippen molar-refractivity contribution in [2.45, 2.75) is 20.0 Å². The Balaban J connectivity index is 1.29. The van der Waals surface area contributed by atoms with Gasteiger partial charge in [0.05, 0.1) is 6.54 Å². The molecule has 26 heavy (non-hydrogen) atoms. The SMILES string of the molecule is Cc1cccc(CN2CCN(Cc3nc(-c4cccnc4)no3)CC2)c1. The lowest BCUT2D eigenvalue weighted by molar-refractivity contribution is 0.112. The molecule has 0 aliphatic carbocycles. The van der Waals surface area contributed by atoms with Crippen LogP contribution in [0.3, 0.4) is 0 Å². The molecule has 3 heterocycles. The van der Waals surface area contributed by atoms with Crippen molar-refractivity contribution in [2.75, 3.05) is 26.2 Å². The zero-order valence-corrected chi connectivity index (χ0v) is 15.0. The lowest BCUT2D eigenvalue weighted by atomic mass is 10.1. The minimum Gasteiger partial charge on any atom is -0.338 e. The topological polar surface area (TPSA) is 58.3 Å². The van der Waals surface area contributed by atoms with Gasteiger partial charge in [-0.2, -0.15) is 4.98 Å². The van der Waals surface area contributed by atoms with Crippen LogP contribution < -0.4 is 0 Å². The van der Waals surface area contributed by atoms with Gasteiger partial charge >= 0.3 is 0 Å². The lowest BCUT2D eigenvalue weighted by Crippen LogP contribution is -2.45. The van der Waals surface area contributed by atoms with Crippen LogP contribution in [-0.4, -0.2) is 51.1 Å². The van der Waals surface area contributed by atoms with Gasteiger partial charge in [-0.1, -0.05) is 35.0 Å². The second-order valence-electron chi connectivity index (χ2n) is 6.79. The molecule has 0 saturated carbocycles. The summed E-state index contributed by atoms with van der Waals surface area (Å²) in [5.74, 6) is 1.27. The van der Waals surface area contributed by atoms with E-state index in [0.29, 0.717) is 18.3 Å². The molecule has 0 N–H and O–H groups in total. The molecule has 0 bridgehead atoms. The van der Waals surface area contributed by atoms with Crippen LogP contribution in [0.1, 0.15) is 17.0 Å². The Hall–Kier alpha value is -2.57. The van der Waals surface area contributed by atoms with Crippen LogP contribution in [0.5, 0.6) is 0 Å². The van der Waals surface area contributed by atoms with Crippen molar-refractivity contribution in [1.82, 2.24) is 24.9 Å². The zero-order chi connectivity index (χ0) is 17.8. The van der Waals surface area contributed by atoms with E-state index in [1.165, 1.54) is 11.1 Å². The van der Waals surface area contributed by atoms with Crippen molar-refractivity contribution in [3.63, 3.8) is 0 Å². The first-order valence-corrected chi connectivity index (χ1v) is 8.99. The molecule has 0 spiro atoms. The normalized spacial score (nSPS) is 16.0. The number of piperazine rings is 1. The Kier molecular flexibility index (Phi) is 5.04. The standard InChI is InChI=1S/C20H23N5O/c1-16-4-2-5-17(12-16)14-24-8-10-25(11-9-24)15-19-22-20(23-26-19)18-6-3-7-21-13-18/h2-7,12-13H,8-11,14-15H2,1H3. The van der Waals surface area contributed by atoms with Gasteiger partial charge in [-0.15, -0.1) is 0 Å². The van der Waals surface area contributed by atoms with Crippen molar-refractivity contribution >= 4 is 0 Å². The van der Waals surface area contributed by atoms with Gasteiger partial charge in [-0.05, 0) is 24.6 Å². The highest BCUT2D eigenvalue weighted by Crippen LogP contribution is 2.16. The first kappa shape index (κ1) is 16.9. The first-order chi connectivity index (χ1) is 12.8. The third kappa shape index (κ3) is 4.15. The summed E-state index contributed by atoms with van der Waals surface area (Å²) in [5, 5.41) is 4.07. The van der Waals surface area contributed by atoms with Crippen LogP contribution in [0, 0.1) is 6.92 Å². The van der Waals surface area contributed by atoms with E-state index in [9.17, 15) is 0 Å². The van der Waals surface area contributed by atoms with Crippen molar-refractivity contribution in [1.29, 1.82) is 0 Å². The minimum absolute atomic E-state index is 0.603. The second-order valence-corrected chi connectivity index (χ2v) is 6.79. The quantitative estimate of drug-likeness (QED) is 0.706. The van der Waals surface area contributed by atoms with E-state index >= 15 is 0 Å². The fourth-order valence-corrected chi connectivity index (χ4v) is 3.30. The third-order valence-corrected chi connectivity index (χ3v) is 4.70. The fraction of sp³-hybridized carbons (Fsp3) is 0.350. The number of aromatic nitrogens is 3. The molecule has 4 rings (SSSR count). The maximum atomic E-state index is 5.41. The summed E-state index contributed by atoms with van der Waals surface area (Å²) < 4.78 is 5.41. The molecule has 1 aliphatic heterocycles. The molecule has 3 aromatic rings. The number of aryl methyl sites for hydroxylation is 1. The van der Waals surface area contributed by atoms with Crippen LogP contribution in [0.4, 0.5) is 0 Å². The third-order valence-electron chi connectivity index (χ3n) is 4.70. The maximum absolute atomic E-state index is 5.41. The van der Waals surface area contributed by atoms with Crippen molar-refractivity contribution in [3.05, 3.63) is 65.8 Å². The summed E-state index contributed by atoms with van der Waals surface area (Å²) in [4.78, 5) is 13.5. The molecule has 134 valence electrons. The van der Waals surface area contributed by atoms with Gasteiger partial charge in [0.1, 0.15) is 0 Å². The summed E-state index contributed by atoms with van der Waals surface area (Å²) in [5.41, 5.74) is 3.59. The number of benzene rings is 1. The molecule has 6 nitrogen and oxygen atoms in total. The minimum atomic E-state index is 0.603. The van der Waals surface area contributed by atoms with Crippen LogP contribution >= 0.6 is 0 Å². The molecular formula is C20H23N5O. The number of hydrogen-bond donors (Lipinski definition) is 0. The highest BCUT2D eigenvalue weighted by atomic mass is 16.5. The molecule has 0 amide bonds. The average molecular weight is 349 g/mol. The molecule has 0 radical (unpaired) electrons. The van der Waals surface area contributed by atoms with Crippen LogP contribution in [-0.2, 0) is 13.1 Å². The zero-order valence-electron chi connectivity index (χ0n) is 15.0. The molecule has 1 aliphatic rings. The molecule has 2 aromatic heterocycles. The Bertz CT molecular complexity index is 840. The first-order valence-electron chi connectivity index (χ1n) is 8.99. The summed E-state index contributed by atoms with van der Waals surface area (Å²) in [7, 11) is 0. The van der Waals surface area contributed by atoms with Crippen LogP contribution in [0.25, 0.3) is 11.4 Å². The van der Waals surface area contributed by atoms with E-state index in [2.05, 4.69) is 56.1 Å². The highest BCUT2D eigenvalue weighted by molar-refractivity contribution is 5.51. The summed E-state index contributed by atoms with van der Waals surface area (Å²) in [6.07, 6.45) is 3.49. The predicted octanol–water partition coefficient (Wildman–Crippen LogP) is 2.76. The van der Waals surface area contributed by atoms with Crippen molar-refractivity contribution in [2.24, 2.45) is 0 Å². The molecule has 1 fully saturated rings. The Morgan fingerprint density at radius 2 is 1.81 bits per heavy atom. The van der Waals surface area contributed by atoms with E-state index in [1.807, 2.05) is 12.1 Å². The maximum Gasteiger partial charge on any atom is 0.241 e. The van der Waals surface area contributed by atoms with E-state index < -0.39 is 0 Å². The number of hydrogen-bond acceptors (Lipinski definition) is 6. The molecule has 0 unspecified atom stereocenters. The molecule has 0 atom stereocenters. The van der Waals surface area contributed by atoms with Crippen molar-refractivity contribution < 1.29 is 4.52 Å². The highest BCUT2D eigenvalue weighted by Gasteiger charge is 2.19. The number of nitrogens with zero attached hydrogens (tertiary/aromatic N) is 5.